The largest absolute Gasteiger partial charge is 0.489 e. The fraction of sp³-hybridized carbons (Fsp3) is 0.130. The second-order valence-electron chi connectivity index (χ2n) is 6.64. The fourth-order valence-electron chi connectivity index (χ4n) is 2.75. The zero-order chi connectivity index (χ0) is 21.6. The summed E-state index contributed by atoms with van der Waals surface area (Å²) in [4.78, 5) is 23.4. The molecule has 0 saturated heterocycles. The van der Waals surface area contributed by atoms with Gasteiger partial charge >= 0.3 is 6.09 Å². The molecule has 154 valence electrons. The van der Waals surface area contributed by atoms with Gasteiger partial charge in [0.05, 0.1) is 12.2 Å². The molecule has 1 atom stereocenters. The van der Waals surface area contributed by atoms with E-state index in [4.69, 9.17) is 14.3 Å². The lowest BCUT2D eigenvalue weighted by atomic mass is 10.2. The molecular weight excluding hydrogens is 396 g/mol. The Balaban J connectivity index is 1.47. The average molecular weight is 414 g/mol. The van der Waals surface area contributed by atoms with E-state index < -0.39 is 12.1 Å². The van der Waals surface area contributed by atoms with Crippen LogP contribution < -0.4 is 10.1 Å². The maximum absolute atomic E-state index is 10.6. The molecule has 0 aliphatic heterocycles. The Kier molecular flexibility index (Phi) is 5.76. The SMILES string of the molecule is C[C@@H](C#Cc1ncc2nc(-c3ccc(OCc4ccccc4)cc3)oc2n1)NC(=O)O. The summed E-state index contributed by atoms with van der Waals surface area (Å²) in [6.07, 6.45) is 0.376. The van der Waals surface area contributed by atoms with E-state index in [9.17, 15) is 4.79 Å². The van der Waals surface area contributed by atoms with Crippen molar-refractivity contribution in [2.45, 2.75) is 19.6 Å². The number of aromatic nitrogens is 3. The summed E-state index contributed by atoms with van der Waals surface area (Å²) in [6, 6.07) is 16.8. The first-order chi connectivity index (χ1) is 15.1. The summed E-state index contributed by atoms with van der Waals surface area (Å²) in [5.74, 6) is 6.81. The number of amides is 1. The molecule has 0 spiro atoms. The normalized spacial score (nSPS) is 11.4. The van der Waals surface area contributed by atoms with E-state index in [1.165, 1.54) is 6.20 Å². The summed E-state index contributed by atoms with van der Waals surface area (Å²) < 4.78 is 11.6. The van der Waals surface area contributed by atoms with Gasteiger partial charge in [-0.2, -0.15) is 4.98 Å². The number of benzene rings is 2. The summed E-state index contributed by atoms with van der Waals surface area (Å²) in [5.41, 5.74) is 2.67. The molecule has 8 heteroatoms. The monoisotopic (exact) mass is 414 g/mol. The number of rotatable bonds is 5. The molecule has 4 aromatic rings. The van der Waals surface area contributed by atoms with Crippen molar-refractivity contribution >= 4 is 17.3 Å². The van der Waals surface area contributed by atoms with Crippen LogP contribution in [-0.4, -0.2) is 32.2 Å². The number of ether oxygens (including phenoxy) is 1. The Morgan fingerprint density at radius 1 is 1.16 bits per heavy atom. The van der Waals surface area contributed by atoms with Gasteiger partial charge < -0.3 is 19.6 Å². The van der Waals surface area contributed by atoms with Gasteiger partial charge in [-0.05, 0) is 42.7 Å². The minimum atomic E-state index is -1.14. The third kappa shape index (κ3) is 5.16. The van der Waals surface area contributed by atoms with Crippen molar-refractivity contribution in [3.8, 4) is 29.0 Å². The molecule has 0 fully saturated rings. The first-order valence-electron chi connectivity index (χ1n) is 9.48. The van der Waals surface area contributed by atoms with E-state index >= 15 is 0 Å². The number of nitrogens with zero attached hydrogens (tertiary/aromatic N) is 3. The highest BCUT2D eigenvalue weighted by molar-refractivity contribution is 5.72. The van der Waals surface area contributed by atoms with Gasteiger partial charge in [-0.25, -0.2) is 14.8 Å². The van der Waals surface area contributed by atoms with Crippen molar-refractivity contribution in [3.63, 3.8) is 0 Å². The third-order valence-electron chi connectivity index (χ3n) is 4.24. The lowest BCUT2D eigenvalue weighted by Crippen LogP contribution is -2.29. The number of hydrogen-bond donors (Lipinski definition) is 2. The highest BCUT2D eigenvalue weighted by atomic mass is 16.5. The van der Waals surface area contributed by atoms with E-state index in [2.05, 4.69) is 32.1 Å². The quantitative estimate of drug-likeness (QED) is 0.477. The second kappa shape index (κ2) is 8.97. The van der Waals surface area contributed by atoms with Gasteiger partial charge in [-0.1, -0.05) is 36.3 Å². The van der Waals surface area contributed by atoms with Crippen LogP contribution in [0.1, 0.15) is 18.3 Å². The molecule has 8 nitrogen and oxygen atoms in total. The maximum atomic E-state index is 10.6. The Labute approximate surface area is 177 Å². The standard InChI is InChI=1S/C23H18N4O4/c1-15(25-23(28)29)7-12-20-24-13-19-22(27-20)31-21(26-19)17-8-10-18(11-9-17)30-14-16-5-3-2-4-6-16/h2-6,8-11,13,15,25H,14H2,1H3,(H,28,29)/t15-/m0/s1. The first-order valence-corrected chi connectivity index (χ1v) is 9.48. The Bertz CT molecular complexity index is 1260. The number of carbonyl (C=O) groups is 1. The molecule has 1 amide bonds. The van der Waals surface area contributed by atoms with E-state index in [0.717, 1.165) is 16.9 Å². The van der Waals surface area contributed by atoms with Gasteiger partial charge in [0.2, 0.25) is 11.7 Å². The average Bonchev–Trinajstić information content (AvgIpc) is 3.20. The number of oxazole rings is 1. The Hall–Kier alpha value is -4.38. The highest BCUT2D eigenvalue weighted by Gasteiger charge is 2.11. The molecule has 4 rings (SSSR count). The van der Waals surface area contributed by atoms with Gasteiger partial charge in [0.15, 0.2) is 0 Å². The zero-order valence-electron chi connectivity index (χ0n) is 16.6. The number of fused-ring (bicyclic) bond motifs is 1. The van der Waals surface area contributed by atoms with E-state index in [1.54, 1.807) is 6.92 Å². The fourth-order valence-corrected chi connectivity index (χ4v) is 2.75. The predicted octanol–water partition coefficient (Wildman–Crippen LogP) is 3.87. The summed E-state index contributed by atoms with van der Waals surface area (Å²) in [6.45, 7) is 2.11. The molecule has 0 bridgehead atoms. The molecule has 0 saturated carbocycles. The molecule has 31 heavy (non-hydrogen) atoms. The number of hydrogen-bond acceptors (Lipinski definition) is 6. The van der Waals surface area contributed by atoms with E-state index in [-0.39, 0.29) is 5.82 Å². The molecular formula is C23H18N4O4. The van der Waals surface area contributed by atoms with Gasteiger partial charge in [0, 0.05) is 5.56 Å². The molecule has 0 aliphatic rings. The smallest absolute Gasteiger partial charge is 0.405 e. The van der Waals surface area contributed by atoms with Crippen LogP contribution in [0, 0.1) is 11.8 Å². The Morgan fingerprint density at radius 2 is 1.94 bits per heavy atom. The van der Waals surface area contributed by atoms with Gasteiger partial charge in [0.1, 0.15) is 17.9 Å². The number of carboxylic acid groups (broad SMARTS) is 1. The minimum Gasteiger partial charge on any atom is -0.489 e. The van der Waals surface area contributed by atoms with E-state index in [0.29, 0.717) is 23.7 Å². The second-order valence-corrected chi connectivity index (χ2v) is 6.64. The molecule has 2 aromatic heterocycles. The van der Waals surface area contributed by atoms with Crippen LogP contribution in [0.15, 0.2) is 65.2 Å². The van der Waals surface area contributed by atoms with Crippen LogP contribution >= 0.6 is 0 Å². The number of nitrogens with one attached hydrogen (secondary N) is 1. The Morgan fingerprint density at radius 3 is 2.68 bits per heavy atom. The predicted molar refractivity (Wildman–Crippen MR) is 113 cm³/mol. The summed E-state index contributed by atoms with van der Waals surface area (Å²) >= 11 is 0. The van der Waals surface area contributed by atoms with Gasteiger partial charge in [-0.3, -0.25) is 0 Å². The first kappa shape index (κ1) is 19.9. The van der Waals surface area contributed by atoms with Crippen LogP contribution in [0.2, 0.25) is 0 Å². The highest BCUT2D eigenvalue weighted by Crippen LogP contribution is 2.25. The van der Waals surface area contributed by atoms with Crippen molar-refractivity contribution in [1.29, 1.82) is 0 Å². The van der Waals surface area contributed by atoms with Crippen LogP contribution in [0.5, 0.6) is 5.75 Å². The zero-order valence-corrected chi connectivity index (χ0v) is 16.6. The van der Waals surface area contributed by atoms with Crippen LogP contribution in [0.3, 0.4) is 0 Å². The summed E-state index contributed by atoms with van der Waals surface area (Å²) in [7, 11) is 0. The third-order valence-corrected chi connectivity index (χ3v) is 4.24. The maximum Gasteiger partial charge on any atom is 0.405 e. The lowest BCUT2D eigenvalue weighted by Gasteiger charge is -2.06. The van der Waals surface area contributed by atoms with Crippen molar-refractivity contribution in [1.82, 2.24) is 20.3 Å². The van der Waals surface area contributed by atoms with Crippen molar-refractivity contribution in [3.05, 3.63) is 72.2 Å². The van der Waals surface area contributed by atoms with Crippen molar-refractivity contribution in [2.24, 2.45) is 0 Å². The van der Waals surface area contributed by atoms with Crippen LogP contribution in [0.25, 0.3) is 22.7 Å². The molecule has 2 aromatic carbocycles. The van der Waals surface area contributed by atoms with Gasteiger partial charge in [-0.15, -0.1) is 0 Å². The topological polar surface area (TPSA) is 110 Å². The summed E-state index contributed by atoms with van der Waals surface area (Å²) in [5, 5.41) is 10.9. The van der Waals surface area contributed by atoms with Gasteiger partial charge in [0.25, 0.3) is 5.71 Å². The minimum absolute atomic E-state index is 0.221. The molecule has 0 unspecified atom stereocenters. The molecule has 2 heterocycles. The molecule has 0 radical (unpaired) electrons. The van der Waals surface area contributed by atoms with Crippen molar-refractivity contribution < 1.29 is 19.1 Å². The van der Waals surface area contributed by atoms with E-state index in [1.807, 2.05) is 54.6 Å². The lowest BCUT2D eigenvalue weighted by molar-refractivity contribution is 0.193. The van der Waals surface area contributed by atoms with Crippen LogP contribution in [-0.2, 0) is 6.61 Å². The van der Waals surface area contributed by atoms with Crippen molar-refractivity contribution in [2.75, 3.05) is 0 Å². The molecule has 0 aliphatic carbocycles. The van der Waals surface area contributed by atoms with Crippen LogP contribution in [0.4, 0.5) is 4.79 Å². The molecule has 2 N–H and O–H groups in total.